The van der Waals surface area contributed by atoms with Crippen molar-refractivity contribution in [1.82, 2.24) is 23.8 Å². The normalized spacial score (nSPS) is 11.7. The van der Waals surface area contributed by atoms with E-state index in [0.717, 1.165) is 65.2 Å². The number of hydrogen-bond acceptors (Lipinski definition) is 3. The van der Waals surface area contributed by atoms with Crippen LogP contribution in [-0.2, 0) is 25.7 Å². The van der Waals surface area contributed by atoms with Gasteiger partial charge in [0.1, 0.15) is 11.3 Å². The van der Waals surface area contributed by atoms with Crippen LogP contribution in [0.1, 0.15) is 33.6 Å². The molecule has 5 heterocycles. The molecule has 6 heteroatoms. The van der Waals surface area contributed by atoms with E-state index >= 15 is 0 Å². The fourth-order valence-electron chi connectivity index (χ4n) is 8.41. The van der Waals surface area contributed by atoms with E-state index in [1.165, 1.54) is 60.5 Å². The van der Waals surface area contributed by atoms with E-state index in [-0.39, 0.29) is 5.43 Å². The van der Waals surface area contributed by atoms with Crippen LogP contribution < -0.4 is 5.43 Å². The van der Waals surface area contributed by atoms with Gasteiger partial charge in [0.25, 0.3) is 0 Å². The largest absolute Gasteiger partial charge is 0.361 e. The van der Waals surface area contributed by atoms with Gasteiger partial charge in [-0.25, -0.2) is 9.97 Å². The summed E-state index contributed by atoms with van der Waals surface area (Å²) in [6.07, 6.45) is 13.8. The Morgan fingerprint density at radius 3 is 1.60 bits per heavy atom. The summed E-state index contributed by atoms with van der Waals surface area (Å²) in [4.78, 5) is 24.8. The Hall–Kier alpha value is -7.05. The van der Waals surface area contributed by atoms with Gasteiger partial charge in [0.2, 0.25) is 0 Å². The lowest BCUT2D eigenvalue weighted by atomic mass is 9.90. The number of pyridine rings is 3. The van der Waals surface area contributed by atoms with Crippen LogP contribution >= 0.6 is 0 Å². The SMILES string of the molecule is Cc1cn2ccc3cc(CCc4cc(CCc5ccc6c(ccn7cc(C)nc67)c5)cc(-c5ccccc5-c5ccc(-c6cc(=O)cc[nH]6)cc5)c4)ccc3c2n1. The minimum absolute atomic E-state index is 0.00763. The monoisotopic (exact) mass is 739 g/mol. The molecule has 0 saturated heterocycles. The average molecular weight is 740 g/mol. The van der Waals surface area contributed by atoms with Gasteiger partial charge in [0, 0.05) is 59.6 Å². The predicted octanol–water partition coefficient (Wildman–Crippen LogP) is 11.2. The second-order valence-corrected chi connectivity index (χ2v) is 15.3. The van der Waals surface area contributed by atoms with E-state index in [9.17, 15) is 4.79 Å². The van der Waals surface area contributed by atoms with Crippen molar-refractivity contribution >= 4 is 32.8 Å². The van der Waals surface area contributed by atoms with Gasteiger partial charge in [-0.15, -0.1) is 0 Å². The quantitative estimate of drug-likeness (QED) is 0.160. The summed E-state index contributed by atoms with van der Waals surface area (Å²) < 4.78 is 4.22. The molecule has 0 radical (unpaired) electrons. The van der Waals surface area contributed by atoms with Gasteiger partial charge >= 0.3 is 0 Å². The Labute approximate surface area is 330 Å². The first-order chi connectivity index (χ1) is 27.9. The number of H-pyrrole nitrogens is 1. The first kappa shape index (κ1) is 34.4. The minimum Gasteiger partial charge on any atom is -0.361 e. The summed E-state index contributed by atoms with van der Waals surface area (Å²) in [5.74, 6) is 0. The maximum Gasteiger partial charge on any atom is 0.182 e. The zero-order chi connectivity index (χ0) is 38.5. The Morgan fingerprint density at radius 1 is 0.509 bits per heavy atom. The summed E-state index contributed by atoms with van der Waals surface area (Å²) in [6.45, 7) is 4.08. The van der Waals surface area contributed by atoms with Gasteiger partial charge < -0.3 is 13.8 Å². The molecule has 0 amide bonds. The molecule has 0 aliphatic rings. The molecule has 0 aliphatic heterocycles. The molecule has 5 aromatic heterocycles. The van der Waals surface area contributed by atoms with Crippen molar-refractivity contribution < 1.29 is 0 Å². The molecule has 0 aliphatic carbocycles. The second kappa shape index (κ2) is 14.2. The highest BCUT2D eigenvalue weighted by Gasteiger charge is 2.13. The fraction of sp³-hybridized carbons (Fsp3) is 0.118. The van der Waals surface area contributed by atoms with Crippen LogP contribution in [0, 0.1) is 13.8 Å². The molecular weight excluding hydrogens is 699 g/mol. The molecule has 0 fully saturated rings. The number of fused-ring (bicyclic) bond motifs is 6. The maximum atomic E-state index is 12.0. The first-order valence-corrected chi connectivity index (χ1v) is 19.7. The summed E-state index contributed by atoms with van der Waals surface area (Å²) in [5, 5.41) is 4.80. The second-order valence-electron chi connectivity index (χ2n) is 15.3. The third-order valence-corrected chi connectivity index (χ3v) is 11.2. The highest BCUT2D eigenvalue weighted by molar-refractivity contribution is 5.95. The molecule has 0 saturated carbocycles. The summed E-state index contributed by atoms with van der Waals surface area (Å²) >= 11 is 0. The number of aryl methyl sites for hydroxylation is 6. The molecule has 0 atom stereocenters. The van der Waals surface area contributed by atoms with E-state index in [2.05, 4.69) is 154 Å². The third-order valence-electron chi connectivity index (χ3n) is 11.2. The number of hydrogen-bond donors (Lipinski definition) is 1. The van der Waals surface area contributed by atoms with E-state index in [4.69, 9.17) is 9.97 Å². The van der Waals surface area contributed by atoms with E-state index in [1.54, 1.807) is 18.3 Å². The van der Waals surface area contributed by atoms with Crippen molar-refractivity contribution in [2.45, 2.75) is 39.5 Å². The van der Waals surface area contributed by atoms with Gasteiger partial charge in [-0.05, 0) is 113 Å². The molecule has 10 rings (SSSR count). The molecule has 276 valence electrons. The number of aromatic amines is 1. The van der Waals surface area contributed by atoms with Crippen molar-refractivity contribution in [3.63, 3.8) is 0 Å². The smallest absolute Gasteiger partial charge is 0.182 e. The van der Waals surface area contributed by atoms with Crippen LogP contribution in [0.15, 0.2) is 163 Å². The Balaban J connectivity index is 0.981. The van der Waals surface area contributed by atoms with E-state index in [1.807, 2.05) is 13.8 Å². The van der Waals surface area contributed by atoms with Gasteiger partial charge in [0.15, 0.2) is 5.43 Å². The summed E-state index contributed by atoms with van der Waals surface area (Å²) in [7, 11) is 0. The number of aromatic nitrogens is 5. The topological polar surface area (TPSA) is 67.5 Å². The zero-order valence-electron chi connectivity index (χ0n) is 32.0. The minimum atomic E-state index is -0.00763. The highest BCUT2D eigenvalue weighted by Crippen LogP contribution is 2.35. The Kier molecular flexibility index (Phi) is 8.59. The summed E-state index contributed by atoms with van der Waals surface area (Å²) in [5.41, 5.74) is 15.9. The Bertz CT molecular complexity index is 3040. The third kappa shape index (κ3) is 6.80. The molecule has 5 aromatic carbocycles. The molecule has 57 heavy (non-hydrogen) atoms. The maximum absolute atomic E-state index is 12.0. The first-order valence-electron chi connectivity index (χ1n) is 19.7. The van der Waals surface area contributed by atoms with Crippen LogP contribution in [0.5, 0.6) is 0 Å². The van der Waals surface area contributed by atoms with Crippen LogP contribution in [0.25, 0.3) is 66.4 Å². The molecule has 10 aromatic rings. The zero-order valence-corrected chi connectivity index (χ0v) is 32.0. The van der Waals surface area contributed by atoms with Crippen molar-refractivity contribution in [2.75, 3.05) is 0 Å². The Morgan fingerprint density at radius 2 is 1.04 bits per heavy atom. The van der Waals surface area contributed by atoms with Gasteiger partial charge in [-0.3, -0.25) is 4.79 Å². The van der Waals surface area contributed by atoms with Gasteiger partial charge in [-0.1, -0.05) is 103 Å². The van der Waals surface area contributed by atoms with Crippen molar-refractivity contribution in [1.29, 1.82) is 0 Å². The summed E-state index contributed by atoms with van der Waals surface area (Å²) in [6, 6.07) is 45.6. The lowest BCUT2D eigenvalue weighted by Crippen LogP contribution is -1.98. The van der Waals surface area contributed by atoms with Crippen molar-refractivity contribution in [2.24, 2.45) is 0 Å². The van der Waals surface area contributed by atoms with Crippen LogP contribution in [-0.4, -0.2) is 23.8 Å². The lowest BCUT2D eigenvalue weighted by molar-refractivity contribution is 0.933. The molecule has 0 bridgehead atoms. The number of benzene rings is 5. The molecule has 0 spiro atoms. The van der Waals surface area contributed by atoms with Gasteiger partial charge in [-0.2, -0.15) is 0 Å². The predicted molar refractivity (Wildman–Crippen MR) is 233 cm³/mol. The van der Waals surface area contributed by atoms with Crippen LogP contribution in [0.4, 0.5) is 0 Å². The molecule has 0 unspecified atom stereocenters. The number of nitrogens with one attached hydrogen (secondary N) is 1. The number of imidazole rings is 2. The number of rotatable bonds is 9. The lowest BCUT2D eigenvalue weighted by Gasteiger charge is -2.15. The molecule has 6 nitrogen and oxygen atoms in total. The van der Waals surface area contributed by atoms with Crippen LogP contribution in [0.2, 0.25) is 0 Å². The van der Waals surface area contributed by atoms with Crippen molar-refractivity contribution in [3.05, 3.63) is 202 Å². The molecular formula is C51H41N5O. The standard InChI is InChI=1S/C51H41N5O/c1-33-31-55-23-20-41-26-35(11-17-47(41)50(55)53-33)7-9-37-25-38(10-8-36-12-18-48-42(27-36)21-24-56-32-34(2)54-51(48)56)29-43(28-37)46-6-4-3-5-45(46)39-13-15-40(16-14-39)49-30-44(57)19-22-52-49/h3-6,11-32H,7-10H2,1-2H3,(H,52,57). The average Bonchev–Trinajstić information content (AvgIpc) is 3.83. The van der Waals surface area contributed by atoms with Crippen LogP contribution in [0.3, 0.4) is 0 Å². The van der Waals surface area contributed by atoms with E-state index < -0.39 is 0 Å². The van der Waals surface area contributed by atoms with Gasteiger partial charge in [0.05, 0.1) is 11.4 Å². The molecule has 1 N–H and O–H groups in total. The van der Waals surface area contributed by atoms with Crippen molar-refractivity contribution in [3.8, 4) is 33.5 Å². The fourth-order valence-corrected chi connectivity index (χ4v) is 8.41. The van der Waals surface area contributed by atoms with E-state index in [0.29, 0.717) is 0 Å². The number of nitrogens with zero attached hydrogens (tertiary/aromatic N) is 4. The highest BCUT2D eigenvalue weighted by atomic mass is 16.1.